The Kier molecular flexibility index (Phi) is 6.21. The molecule has 2 aromatic rings. The van der Waals surface area contributed by atoms with Crippen LogP contribution in [0.4, 0.5) is 5.69 Å². The van der Waals surface area contributed by atoms with Crippen molar-refractivity contribution < 1.29 is 19.1 Å². The zero-order valence-corrected chi connectivity index (χ0v) is 14.2. The van der Waals surface area contributed by atoms with Crippen molar-refractivity contribution >= 4 is 29.2 Å². The van der Waals surface area contributed by atoms with Gasteiger partial charge in [0.15, 0.2) is 6.10 Å². The molecule has 1 atom stereocenters. The molecule has 0 aromatic heterocycles. The van der Waals surface area contributed by atoms with E-state index in [1.54, 1.807) is 42.5 Å². The Morgan fingerprint density at radius 2 is 1.79 bits per heavy atom. The topological polar surface area (TPSA) is 64.6 Å². The summed E-state index contributed by atoms with van der Waals surface area (Å²) in [6.07, 6.45) is -0.920. The predicted octanol–water partition coefficient (Wildman–Crippen LogP) is 3.46. The number of carbonyl (C=O) groups is 2. The molecule has 0 aliphatic rings. The summed E-state index contributed by atoms with van der Waals surface area (Å²) in [5.74, 6) is -0.361. The molecule has 6 heteroatoms. The second-order valence-electron chi connectivity index (χ2n) is 5.09. The van der Waals surface area contributed by atoms with Crippen LogP contribution in [0.15, 0.2) is 48.5 Å². The fourth-order valence-corrected chi connectivity index (χ4v) is 2.28. The van der Waals surface area contributed by atoms with Gasteiger partial charge in [-0.15, -0.1) is 0 Å². The number of ether oxygens (including phenoxy) is 2. The van der Waals surface area contributed by atoms with E-state index in [-0.39, 0.29) is 6.42 Å². The number of hydrogen-bond acceptors (Lipinski definition) is 4. The molecule has 0 saturated carbocycles. The fraction of sp³-hybridized carbons (Fsp3) is 0.222. The van der Waals surface area contributed by atoms with Gasteiger partial charge >= 0.3 is 5.97 Å². The van der Waals surface area contributed by atoms with E-state index in [1.165, 1.54) is 14.0 Å². The highest BCUT2D eigenvalue weighted by Crippen LogP contribution is 2.21. The fourth-order valence-electron chi connectivity index (χ4n) is 2.09. The summed E-state index contributed by atoms with van der Waals surface area (Å²) in [5, 5.41) is 3.04. The van der Waals surface area contributed by atoms with E-state index in [9.17, 15) is 9.59 Å². The highest BCUT2D eigenvalue weighted by Gasteiger charge is 2.19. The van der Waals surface area contributed by atoms with Gasteiger partial charge in [-0.3, -0.25) is 9.59 Å². The Morgan fingerprint density at radius 1 is 1.12 bits per heavy atom. The number of para-hydroxylation sites is 2. The number of benzene rings is 2. The molecule has 0 saturated heterocycles. The van der Waals surface area contributed by atoms with Gasteiger partial charge in [0.2, 0.25) is 0 Å². The minimum atomic E-state index is -0.941. The highest BCUT2D eigenvalue weighted by molar-refractivity contribution is 6.33. The van der Waals surface area contributed by atoms with Crippen LogP contribution in [0.3, 0.4) is 0 Å². The van der Waals surface area contributed by atoms with Gasteiger partial charge in [0.1, 0.15) is 5.75 Å². The standard InChI is InChI=1S/C18H18ClNO4/c1-12(18(22)20-15-9-5-4-8-14(15)19)24-17(21)11-13-7-3-6-10-16(13)23-2/h3-10,12H,11H2,1-2H3,(H,20,22)/t12-/m0/s1. The number of rotatable bonds is 6. The average Bonchev–Trinajstić information content (AvgIpc) is 2.57. The number of methoxy groups -OCH3 is 1. The number of anilines is 1. The molecule has 126 valence electrons. The first-order chi connectivity index (χ1) is 11.5. The van der Waals surface area contributed by atoms with Crippen molar-refractivity contribution in [3.63, 3.8) is 0 Å². The van der Waals surface area contributed by atoms with E-state index in [2.05, 4.69) is 5.32 Å². The number of amides is 1. The first kappa shape index (κ1) is 17.8. The molecule has 0 spiro atoms. The Morgan fingerprint density at radius 3 is 2.50 bits per heavy atom. The lowest BCUT2D eigenvalue weighted by Gasteiger charge is -2.15. The van der Waals surface area contributed by atoms with Crippen molar-refractivity contribution in [2.45, 2.75) is 19.4 Å². The third-order valence-corrected chi connectivity index (χ3v) is 3.67. The van der Waals surface area contributed by atoms with Crippen LogP contribution >= 0.6 is 11.6 Å². The summed E-state index contributed by atoms with van der Waals surface area (Å²) in [6.45, 7) is 1.51. The molecule has 1 N–H and O–H groups in total. The maximum absolute atomic E-state index is 12.1. The molecular formula is C18H18ClNO4. The molecule has 24 heavy (non-hydrogen) atoms. The van der Waals surface area contributed by atoms with E-state index < -0.39 is 18.0 Å². The number of nitrogens with one attached hydrogen (secondary N) is 1. The maximum atomic E-state index is 12.1. The largest absolute Gasteiger partial charge is 0.496 e. The van der Waals surface area contributed by atoms with Crippen LogP contribution in [0.5, 0.6) is 5.75 Å². The SMILES string of the molecule is COc1ccccc1CC(=O)O[C@@H](C)C(=O)Nc1ccccc1Cl. The Balaban J connectivity index is 1.93. The van der Waals surface area contributed by atoms with Gasteiger partial charge < -0.3 is 14.8 Å². The van der Waals surface area contributed by atoms with Crippen molar-refractivity contribution in [3.05, 3.63) is 59.1 Å². The number of halogens is 1. The third kappa shape index (κ3) is 4.73. The monoisotopic (exact) mass is 347 g/mol. The van der Waals surface area contributed by atoms with Gasteiger partial charge in [0.05, 0.1) is 24.2 Å². The van der Waals surface area contributed by atoms with Crippen LogP contribution < -0.4 is 10.1 Å². The predicted molar refractivity (Wildman–Crippen MR) is 92.3 cm³/mol. The maximum Gasteiger partial charge on any atom is 0.311 e. The van der Waals surface area contributed by atoms with E-state index in [0.717, 1.165) is 0 Å². The van der Waals surface area contributed by atoms with Crippen molar-refractivity contribution in [1.82, 2.24) is 0 Å². The van der Waals surface area contributed by atoms with Gasteiger partial charge in [-0.1, -0.05) is 41.9 Å². The summed E-state index contributed by atoms with van der Waals surface area (Å²) in [6, 6.07) is 14.0. The van der Waals surface area contributed by atoms with Gasteiger partial charge in [0, 0.05) is 5.56 Å². The minimum absolute atomic E-state index is 0.0216. The zero-order chi connectivity index (χ0) is 17.5. The van der Waals surface area contributed by atoms with E-state index >= 15 is 0 Å². The van der Waals surface area contributed by atoms with Crippen LogP contribution in [0.1, 0.15) is 12.5 Å². The lowest BCUT2D eigenvalue weighted by atomic mass is 10.1. The molecule has 5 nitrogen and oxygen atoms in total. The summed E-state index contributed by atoms with van der Waals surface area (Å²) in [4.78, 5) is 24.1. The van der Waals surface area contributed by atoms with E-state index in [4.69, 9.17) is 21.1 Å². The first-order valence-corrected chi connectivity index (χ1v) is 7.76. The van der Waals surface area contributed by atoms with Crippen molar-refractivity contribution in [2.24, 2.45) is 0 Å². The Labute approximate surface area is 145 Å². The lowest BCUT2D eigenvalue weighted by Crippen LogP contribution is -2.30. The molecule has 0 aliphatic carbocycles. The lowest BCUT2D eigenvalue weighted by molar-refractivity contribution is -0.152. The quantitative estimate of drug-likeness (QED) is 0.813. The van der Waals surface area contributed by atoms with Crippen LogP contribution in [0, 0.1) is 0 Å². The van der Waals surface area contributed by atoms with Crippen LogP contribution in [0.2, 0.25) is 5.02 Å². The second-order valence-corrected chi connectivity index (χ2v) is 5.50. The highest BCUT2D eigenvalue weighted by atomic mass is 35.5. The molecular weight excluding hydrogens is 330 g/mol. The molecule has 0 radical (unpaired) electrons. The average molecular weight is 348 g/mol. The molecule has 0 bridgehead atoms. The Bertz CT molecular complexity index is 732. The molecule has 0 aliphatic heterocycles. The molecule has 2 aromatic carbocycles. The molecule has 0 heterocycles. The van der Waals surface area contributed by atoms with Gasteiger partial charge in [0.25, 0.3) is 5.91 Å². The number of esters is 1. The Hall–Kier alpha value is -2.53. The normalized spacial score (nSPS) is 11.5. The van der Waals surface area contributed by atoms with E-state index in [1.807, 2.05) is 6.07 Å². The molecule has 0 unspecified atom stereocenters. The van der Waals surface area contributed by atoms with Gasteiger partial charge in [-0.05, 0) is 25.1 Å². The molecule has 0 fully saturated rings. The van der Waals surface area contributed by atoms with Crippen LogP contribution in [-0.2, 0) is 20.7 Å². The summed E-state index contributed by atoms with van der Waals surface area (Å²) >= 11 is 5.98. The van der Waals surface area contributed by atoms with E-state index in [0.29, 0.717) is 22.0 Å². The minimum Gasteiger partial charge on any atom is -0.496 e. The van der Waals surface area contributed by atoms with Crippen LogP contribution in [-0.4, -0.2) is 25.1 Å². The number of hydrogen-bond donors (Lipinski definition) is 1. The van der Waals surface area contributed by atoms with Crippen molar-refractivity contribution in [1.29, 1.82) is 0 Å². The third-order valence-electron chi connectivity index (χ3n) is 3.34. The zero-order valence-electron chi connectivity index (χ0n) is 13.4. The van der Waals surface area contributed by atoms with Crippen LogP contribution in [0.25, 0.3) is 0 Å². The summed E-state index contributed by atoms with van der Waals surface area (Å²) < 4.78 is 10.4. The second kappa shape index (κ2) is 8.36. The van der Waals surface area contributed by atoms with Crippen molar-refractivity contribution in [3.8, 4) is 5.75 Å². The first-order valence-electron chi connectivity index (χ1n) is 7.38. The van der Waals surface area contributed by atoms with Gasteiger partial charge in [-0.2, -0.15) is 0 Å². The number of carbonyl (C=O) groups excluding carboxylic acids is 2. The molecule has 1 amide bonds. The summed E-state index contributed by atoms with van der Waals surface area (Å²) in [5.41, 5.74) is 1.17. The molecule has 2 rings (SSSR count). The van der Waals surface area contributed by atoms with Crippen molar-refractivity contribution in [2.75, 3.05) is 12.4 Å². The summed E-state index contributed by atoms with van der Waals surface area (Å²) in [7, 11) is 1.53. The smallest absolute Gasteiger partial charge is 0.311 e. The van der Waals surface area contributed by atoms with Gasteiger partial charge in [-0.25, -0.2) is 0 Å².